The molecular formula is C21H28N4O2. The number of carbonyl (C=O) groups is 1. The highest BCUT2D eigenvalue weighted by Crippen LogP contribution is 2.32. The normalized spacial score (nSPS) is 20.8. The van der Waals surface area contributed by atoms with Crippen molar-refractivity contribution in [2.45, 2.75) is 18.9 Å². The van der Waals surface area contributed by atoms with Gasteiger partial charge in [0, 0.05) is 32.0 Å². The highest BCUT2D eigenvalue weighted by atomic mass is 16.5. The Morgan fingerprint density at radius 1 is 1.15 bits per heavy atom. The Hall–Kier alpha value is -2.31. The van der Waals surface area contributed by atoms with E-state index < -0.39 is 0 Å². The summed E-state index contributed by atoms with van der Waals surface area (Å²) in [4.78, 5) is 17.4. The third-order valence-electron chi connectivity index (χ3n) is 5.57. The summed E-state index contributed by atoms with van der Waals surface area (Å²) in [5, 5.41) is 3.15. The Kier molecular flexibility index (Phi) is 5.45. The first-order valence-electron chi connectivity index (χ1n) is 9.79. The lowest BCUT2D eigenvalue weighted by molar-refractivity contribution is -0.117. The van der Waals surface area contributed by atoms with Crippen LogP contribution < -0.4 is 10.2 Å². The fourth-order valence-corrected chi connectivity index (χ4v) is 4.20. The highest BCUT2D eigenvalue weighted by Gasteiger charge is 2.29. The third kappa shape index (κ3) is 4.01. The van der Waals surface area contributed by atoms with Crippen molar-refractivity contribution < 1.29 is 9.53 Å². The van der Waals surface area contributed by atoms with E-state index in [0.29, 0.717) is 12.6 Å². The van der Waals surface area contributed by atoms with Crippen LogP contribution in [-0.2, 0) is 16.6 Å². The van der Waals surface area contributed by atoms with Gasteiger partial charge < -0.3 is 19.5 Å². The number of nitrogens with one attached hydrogen (secondary N) is 1. The molecule has 0 radical (unpaired) electrons. The van der Waals surface area contributed by atoms with E-state index >= 15 is 0 Å². The van der Waals surface area contributed by atoms with Crippen molar-refractivity contribution >= 4 is 17.3 Å². The molecule has 1 amide bonds. The number of para-hydroxylation sites is 2. The van der Waals surface area contributed by atoms with Crippen molar-refractivity contribution in [1.82, 2.24) is 9.47 Å². The molecule has 4 rings (SSSR count). The van der Waals surface area contributed by atoms with Crippen LogP contribution >= 0.6 is 0 Å². The summed E-state index contributed by atoms with van der Waals surface area (Å²) in [6.45, 7) is 4.56. The van der Waals surface area contributed by atoms with Crippen LogP contribution in [0.15, 0.2) is 42.6 Å². The van der Waals surface area contributed by atoms with E-state index in [0.717, 1.165) is 57.1 Å². The summed E-state index contributed by atoms with van der Waals surface area (Å²) in [6.07, 6.45) is 4.31. The van der Waals surface area contributed by atoms with E-state index in [4.69, 9.17) is 4.74 Å². The fraction of sp³-hybridized carbons (Fsp3) is 0.476. The standard InChI is InChI=1S/C21H28N4O2/c1-23-10-4-8-19(23)20-9-5-11-25(20)16-21(26)22-17-6-2-3-7-18(17)24-12-14-27-15-13-24/h2-4,6-8,10,20H,5,9,11-16H2,1H3,(H,22,26)/t20-/m0/s1. The van der Waals surface area contributed by atoms with Crippen LogP contribution in [0.1, 0.15) is 24.6 Å². The van der Waals surface area contributed by atoms with Gasteiger partial charge in [-0.15, -0.1) is 0 Å². The van der Waals surface area contributed by atoms with Crippen molar-refractivity contribution in [3.8, 4) is 0 Å². The number of morpholine rings is 1. The average molecular weight is 368 g/mol. The first-order chi connectivity index (χ1) is 13.2. The van der Waals surface area contributed by atoms with Crippen LogP contribution in [0.3, 0.4) is 0 Å². The summed E-state index contributed by atoms with van der Waals surface area (Å²) in [7, 11) is 2.07. The molecule has 0 saturated carbocycles. The molecule has 6 nitrogen and oxygen atoms in total. The summed E-state index contributed by atoms with van der Waals surface area (Å²) in [5.74, 6) is 0.0526. The van der Waals surface area contributed by atoms with Crippen LogP contribution in [0.4, 0.5) is 11.4 Å². The molecule has 1 aromatic heterocycles. The van der Waals surface area contributed by atoms with E-state index in [-0.39, 0.29) is 5.91 Å². The van der Waals surface area contributed by atoms with Gasteiger partial charge in [-0.1, -0.05) is 12.1 Å². The maximum Gasteiger partial charge on any atom is 0.238 e. The Bertz CT molecular complexity index is 782. The van der Waals surface area contributed by atoms with Crippen LogP contribution in [0.2, 0.25) is 0 Å². The van der Waals surface area contributed by atoms with Crippen LogP contribution in [0, 0.1) is 0 Å². The molecule has 1 atom stereocenters. The smallest absolute Gasteiger partial charge is 0.238 e. The van der Waals surface area contributed by atoms with E-state index in [2.05, 4.69) is 51.1 Å². The second kappa shape index (κ2) is 8.15. The predicted molar refractivity (Wildman–Crippen MR) is 107 cm³/mol. The predicted octanol–water partition coefficient (Wildman–Crippen LogP) is 2.64. The Morgan fingerprint density at radius 2 is 1.96 bits per heavy atom. The van der Waals surface area contributed by atoms with Crippen LogP contribution in [-0.4, -0.2) is 54.8 Å². The average Bonchev–Trinajstić information content (AvgIpc) is 3.31. The fourth-order valence-electron chi connectivity index (χ4n) is 4.20. The molecule has 2 aromatic rings. The number of ether oxygens (including phenoxy) is 1. The molecule has 2 aliphatic rings. The van der Waals surface area contributed by atoms with Crippen molar-refractivity contribution in [1.29, 1.82) is 0 Å². The molecule has 1 N–H and O–H groups in total. The lowest BCUT2D eigenvalue weighted by Crippen LogP contribution is -2.37. The zero-order valence-electron chi connectivity index (χ0n) is 15.9. The van der Waals surface area contributed by atoms with Gasteiger partial charge in [0.05, 0.1) is 37.2 Å². The Morgan fingerprint density at radius 3 is 2.74 bits per heavy atom. The largest absolute Gasteiger partial charge is 0.378 e. The van der Waals surface area contributed by atoms with Gasteiger partial charge in [0.2, 0.25) is 5.91 Å². The second-order valence-electron chi connectivity index (χ2n) is 7.34. The number of rotatable bonds is 5. The number of hydrogen-bond donors (Lipinski definition) is 1. The van der Waals surface area contributed by atoms with E-state index in [1.807, 2.05) is 18.2 Å². The summed E-state index contributed by atoms with van der Waals surface area (Å²) in [6, 6.07) is 12.6. The Labute approximate surface area is 160 Å². The number of amides is 1. The highest BCUT2D eigenvalue weighted by molar-refractivity contribution is 5.95. The summed E-state index contributed by atoms with van der Waals surface area (Å²) in [5.41, 5.74) is 3.25. The molecule has 0 aliphatic carbocycles. The number of hydrogen-bond acceptors (Lipinski definition) is 4. The molecule has 2 fully saturated rings. The number of likely N-dealkylation sites (tertiary alicyclic amines) is 1. The minimum absolute atomic E-state index is 0.0526. The van der Waals surface area contributed by atoms with Crippen molar-refractivity contribution in [2.24, 2.45) is 7.05 Å². The molecule has 3 heterocycles. The maximum atomic E-state index is 12.8. The zero-order chi connectivity index (χ0) is 18.6. The number of aryl methyl sites for hydroxylation is 1. The molecule has 27 heavy (non-hydrogen) atoms. The topological polar surface area (TPSA) is 49.7 Å². The molecular weight excluding hydrogens is 340 g/mol. The first kappa shape index (κ1) is 18.1. The Balaban J connectivity index is 1.43. The molecule has 6 heteroatoms. The van der Waals surface area contributed by atoms with E-state index in [9.17, 15) is 4.79 Å². The van der Waals surface area contributed by atoms with Gasteiger partial charge in [-0.25, -0.2) is 0 Å². The van der Waals surface area contributed by atoms with E-state index in [1.165, 1.54) is 5.69 Å². The molecule has 2 aliphatic heterocycles. The molecule has 0 unspecified atom stereocenters. The minimum Gasteiger partial charge on any atom is -0.378 e. The molecule has 144 valence electrons. The SMILES string of the molecule is Cn1cccc1[C@@H]1CCCN1CC(=O)Nc1ccccc1N1CCOCC1. The van der Waals surface area contributed by atoms with Crippen molar-refractivity contribution in [3.63, 3.8) is 0 Å². The molecule has 2 saturated heterocycles. The number of anilines is 2. The van der Waals surface area contributed by atoms with Crippen LogP contribution in [0.25, 0.3) is 0 Å². The zero-order valence-corrected chi connectivity index (χ0v) is 15.9. The third-order valence-corrected chi connectivity index (χ3v) is 5.57. The van der Waals surface area contributed by atoms with Gasteiger partial charge >= 0.3 is 0 Å². The number of carbonyl (C=O) groups excluding carboxylic acids is 1. The van der Waals surface area contributed by atoms with Crippen molar-refractivity contribution in [3.05, 3.63) is 48.3 Å². The second-order valence-corrected chi connectivity index (χ2v) is 7.34. The van der Waals surface area contributed by atoms with E-state index in [1.54, 1.807) is 0 Å². The van der Waals surface area contributed by atoms with Crippen LogP contribution in [0.5, 0.6) is 0 Å². The monoisotopic (exact) mass is 368 g/mol. The molecule has 0 spiro atoms. The quantitative estimate of drug-likeness (QED) is 0.882. The first-order valence-corrected chi connectivity index (χ1v) is 9.79. The number of benzene rings is 1. The maximum absolute atomic E-state index is 12.8. The summed E-state index contributed by atoms with van der Waals surface area (Å²) >= 11 is 0. The molecule has 1 aromatic carbocycles. The number of aromatic nitrogens is 1. The van der Waals surface area contributed by atoms with Gasteiger partial charge in [0.15, 0.2) is 0 Å². The van der Waals surface area contributed by atoms with Gasteiger partial charge in [0.1, 0.15) is 0 Å². The van der Waals surface area contributed by atoms with Gasteiger partial charge in [-0.3, -0.25) is 9.69 Å². The lowest BCUT2D eigenvalue weighted by Gasteiger charge is -2.31. The van der Waals surface area contributed by atoms with Gasteiger partial charge in [-0.2, -0.15) is 0 Å². The number of nitrogens with zero attached hydrogens (tertiary/aromatic N) is 3. The summed E-state index contributed by atoms with van der Waals surface area (Å²) < 4.78 is 7.61. The minimum atomic E-state index is 0.0526. The molecule has 0 bridgehead atoms. The lowest BCUT2D eigenvalue weighted by atomic mass is 10.1. The van der Waals surface area contributed by atoms with Gasteiger partial charge in [-0.05, 0) is 43.7 Å². The van der Waals surface area contributed by atoms with Crippen molar-refractivity contribution in [2.75, 3.05) is 49.6 Å². The van der Waals surface area contributed by atoms with Gasteiger partial charge in [0.25, 0.3) is 0 Å².